The molecule has 6 heteroatoms. The van der Waals surface area contributed by atoms with Gasteiger partial charge >= 0.3 is 0 Å². The van der Waals surface area contributed by atoms with Gasteiger partial charge in [-0.3, -0.25) is 4.79 Å². The van der Waals surface area contributed by atoms with Gasteiger partial charge in [0, 0.05) is 0 Å². The zero-order valence-corrected chi connectivity index (χ0v) is 7.35. The fraction of sp³-hybridized carbons (Fsp3) is 0.125. The Balaban J connectivity index is 2.65. The highest BCUT2D eigenvalue weighted by molar-refractivity contribution is 5.95. The van der Waals surface area contributed by atoms with Gasteiger partial charge in [-0.15, -0.1) is 0 Å². The molecule has 1 amide bonds. The molecule has 0 atom stereocenters. The van der Waals surface area contributed by atoms with Crippen LogP contribution in [0.25, 0.3) is 11.0 Å². The van der Waals surface area contributed by atoms with Gasteiger partial charge in [-0.05, 0) is 22.4 Å². The molecule has 1 heterocycles. The first-order chi connectivity index (χ1) is 6.86. The number of methoxy groups -OCH3 is 1. The minimum Gasteiger partial charge on any atom is -0.494 e. The average molecular weight is 193 g/mol. The average Bonchev–Trinajstić information content (AvgIpc) is 2.67. The van der Waals surface area contributed by atoms with Gasteiger partial charge in [0.2, 0.25) is 6.41 Å². The molecule has 0 aliphatic carbocycles. The first-order valence-corrected chi connectivity index (χ1v) is 3.86. The second-order valence-electron chi connectivity index (χ2n) is 2.54. The highest BCUT2D eigenvalue weighted by Crippen LogP contribution is 2.28. The monoisotopic (exact) mass is 193 g/mol. The van der Waals surface area contributed by atoms with Gasteiger partial charge in [0.15, 0.2) is 16.8 Å². The summed E-state index contributed by atoms with van der Waals surface area (Å²) in [5.74, 6) is 0.553. The smallest absolute Gasteiger partial charge is 0.211 e. The third-order valence-electron chi connectivity index (χ3n) is 1.81. The van der Waals surface area contributed by atoms with E-state index in [0.29, 0.717) is 28.9 Å². The molecule has 1 N–H and O–H groups in total. The minimum atomic E-state index is 0.469. The van der Waals surface area contributed by atoms with Crippen molar-refractivity contribution < 1.29 is 14.2 Å². The van der Waals surface area contributed by atoms with E-state index in [-0.39, 0.29) is 0 Å². The lowest BCUT2D eigenvalue weighted by Gasteiger charge is -2.01. The second-order valence-corrected chi connectivity index (χ2v) is 2.54. The molecular formula is C8H7N3O3. The van der Waals surface area contributed by atoms with Gasteiger partial charge in [0.05, 0.1) is 12.8 Å². The fourth-order valence-corrected chi connectivity index (χ4v) is 1.19. The SMILES string of the molecule is COc1ccc(NC=O)c2nonc12. The normalized spacial score (nSPS) is 10.1. The van der Waals surface area contributed by atoms with Crippen LogP contribution in [0.3, 0.4) is 0 Å². The lowest BCUT2D eigenvalue weighted by molar-refractivity contribution is -0.105. The third-order valence-corrected chi connectivity index (χ3v) is 1.81. The van der Waals surface area contributed by atoms with Crippen molar-refractivity contribution >= 4 is 23.1 Å². The lowest BCUT2D eigenvalue weighted by atomic mass is 10.2. The molecule has 2 rings (SSSR count). The molecule has 0 bridgehead atoms. The van der Waals surface area contributed by atoms with E-state index in [9.17, 15) is 4.79 Å². The van der Waals surface area contributed by atoms with Gasteiger partial charge < -0.3 is 10.1 Å². The van der Waals surface area contributed by atoms with Crippen LogP contribution in [0.5, 0.6) is 5.75 Å². The predicted molar refractivity (Wildman–Crippen MR) is 48.0 cm³/mol. The number of rotatable bonds is 3. The van der Waals surface area contributed by atoms with Gasteiger partial charge in [0.25, 0.3) is 0 Å². The fourth-order valence-electron chi connectivity index (χ4n) is 1.19. The topological polar surface area (TPSA) is 77.2 Å². The number of carbonyl (C=O) groups excluding carboxylic acids is 1. The maximum absolute atomic E-state index is 10.3. The van der Waals surface area contributed by atoms with Gasteiger partial charge in [0.1, 0.15) is 0 Å². The van der Waals surface area contributed by atoms with Crippen molar-refractivity contribution in [3.05, 3.63) is 12.1 Å². The van der Waals surface area contributed by atoms with Crippen molar-refractivity contribution in [3.8, 4) is 5.75 Å². The molecule has 0 aliphatic rings. The molecule has 72 valence electrons. The molecule has 0 saturated heterocycles. The summed E-state index contributed by atoms with van der Waals surface area (Å²) >= 11 is 0. The van der Waals surface area contributed by atoms with Crippen LogP contribution in [0.4, 0.5) is 5.69 Å². The first-order valence-electron chi connectivity index (χ1n) is 3.86. The molecule has 1 aromatic carbocycles. The molecule has 0 saturated carbocycles. The third kappa shape index (κ3) is 1.17. The van der Waals surface area contributed by atoms with E-state index < -0.39 is 0 Å². The summed E-state index contributed by atoms with van der Waals surface area (Å²) in [6, 6.07) is 3.35. The number of aromatic nitrogens is 2. The maximum atomic E-state index is 10.3. The first kappa shape index (κ1) is 8.49. The molecule has 6 nitrogen and oxygen atoms in total. The number of ether oxygens (including phenoxy) is 1. The summed E-state index contributed by atoms with van der Waals surface area (Å²) in [4.78, 5) is 10.3. The highest BCUT2D eigenvalue weighted by Gasteiger charge is 2.11. The Morgan fingerprint density at radius 3 is 2.93 bits per heavy atom. The van der Waals surface area contributed by atoms with Crippen LogP contribution in [0.1, 0.15) is 0 Å². The zero-order chi connectivity index (χ0) is 9.97. The number of anilines is 1. The Morgan fingerprint density at radius 1 is 1.43 bits per heavy atom. The Bertz CT molecular complexity index is 466. The number of nitrogens with zero attached hydrogens (tertiary/aromatic N) is 2. The number of nitrogens with one attached hydrogen (secondary N) is 1. The van der Waals surface area contributed by atoms with Crippen molar-refractivity contribution in [1.29, 1.82) is 0 Å². The van der Waals surface area contributed by atoms with E-state index in [1.54, 1.807) is 12.1 Å². The second kappa shape index (κ2) is 3.33. The van der Waals surface area contributed by atoms with Gasteiger partial charge in [-0.1, -0.05) is 0 Å². The van der Waals surface area contributed by atoms with Crippen molar-refractivity contribution in [2.24, 2.45) is 0 Å². The van der Waals surface area contributed by atoms with Gasteiger partial charge in [-0.25, -0.2) is 4.63 Å². The van der Waals surface area contributed by atoms with Crippen molar-refractivity contribution in [2.75, 3.05) is 12.4 Å². The Morgan fingerprint density at radius 2 is 2.21 bits per heavy atom. The van der Waals surface area contributed by atoms with Crippen LogP contribution in [-0.4, -0.2) is 23.8 Å². The molecular weight excluding hydrogens is 186 g/mol. The van der Waals surface area contributed by atoms with Gasteiger partial charge in [-0.2, -0.15) is 0 Å². The summed E-state index contributed by atoms with van der Waals surface area (Å²) < 4.78 is 9.60. The van der Waals surface area contributed by atoms with E-state index in [2.05, 4.69) is 20.3 Å². The number of benzene rings is 1. The maximum Gasteiger partial charge on any atom is 0.211 e. The summed E-state index contributed by atoms with van der Waals surface area (Å²) in [7, 11) is 1.52. The number of carbonyl (C=O) groups is 1. The van der Waals surface area contributed by atoms with Crippen LogP contribution >= 0.6 is 0 Å². The standard InChI is InChI=1S/C8H7N3O3/c1-13-6-3-2-5(9-4-12)7-8(6)11-14-10-7/h2-4H,1H3,(H,9,12). The van der Waals surface area contributed by atoms with E-state index in [0.717, 1.165) is 0 Å². The molecule has 0 radical (unpaired) electrons. The Hall–Kier alpha value is -2.11. The van der Waals surface area contributed by atoms with Crippen LogP contribution in [-0.2, 0) is 4.79 Å². The van der Waals surface area contributed by atoms with Crippen molar-refractivity contribution in [1.82, 2.24) is 10.3 Å². The van der Waals surface area contributed by atoms with E-state index in [1.165, 1.54) is 7.11 Å². The molecule has 0 aliphatic heterocycles. The number of amides is 1. The van der Waals surface area contributed by atoms with Crippen molar-refractivity contribution in [2.45, 2.75) is 0 Å². The molecule has 14 heavy (non-hydrogen) atoms. The zero-order valence-electron chi connectivity index (χ0n) is 7.35. The van der Waals surface area contributed by atoms with Crippen LogP contribution < -0.4 is 10.1 Å². The molecule has 0 spiro atoms. The van der Waals surface area contributed by atoms with Crippen LogP contribution in [0.15, 0.2) is 16.8 Å². The Labute approximate surface area is 78.8 Å². The predicted octanol–water partition coefficient (Wildman–Crippen LogP) is 0.800. The van der Waals surface area contributed by atoms with Crippen molar-refractivity contribution in [3.63, 3.8) is 0 Å². The Kier molecular flexibility index (Phi) is 2.02. The summed E-state index contributed by atoms with van der Waals surface area (Å²) in [5.41, 5.74) is 1.49. The number of fused-ring (bicyclic) bond motifs is 1. The molecule has 0 fully saturated rings. The number of hydrogen-bond donors (Lipinski definition) is 1. The molecule has 0 unspecified atom stereocenters. The largest absolute Gasteiger partial charge is 0.494 e. The summed E-state index contributed by atoms with van der Waals surface area (Å²) in [6.07, 6.45) is 0.565. The summed E-state index contributed by atoms with van der Waals surface area (Å²) in [6.45, 7) is 0. The van der Waals surface area contributed by atoms with Crippen LogP contribution in [0, 0.1) is 0 Å². The molecule has 1 aromatic heterocycles. The molecule has 2 aromatic rings. The van der Waals surface area contributed by atoms with E-state index >= 15 is 0 Å². The lowest BCUT2D eigenvalue weighted by Crippen LogP contribution is -1.95. The van der Waals surface area contributed by atoms with E-state index in [4.69, 9.17) is 4.74 Å². The number of hydrogen-bond acceptors (Lipinski definition) is 5. The minimum absolute atomic E-state index is 0.469. The van der Waals surface area contributed by atoms with Crippen LogP contribution in [0.2, 0.25) is 0 Å². The highest BCUT2D eigenvalue weighted by atomic mass is 16.6. The quantitative estimate of drug-likeness (QED) is 0.729. The van der Waals surface area contributed by atoms with E-state index in [1.807, 2.05) is 0 Å². The summed E-state index contributed by atoms with van der Waals surface area (Å²) in [5, 5.41) is 9.81.